The molecule has 0 unspecified atom stereocenters. The average Bonchev–Trinajstić information content (AvgIpc) is 2.30. The minimum absolute atomic E-state index is 0.0675. The molecule has 0 radical (unpaired) electrons. The monoisotopic (exact) mass is 292 g/mol. The van der Waals surface area contributed by atoms with Crippen LogP contribution >= 0.6 is 15.9 Å². The van der Waals surface area contributed by atoms with Crippen molar-refractivity contribution in [3.8, 4) is 11.3 Å². The lowest BCUT2D eigenvalue weighted by atomic mass is 10.1. The van der Waals surface area contributed by atoms with Gasteiger partial charge in [0.25, 0.3) is 5.56 Å². The van der Waals surface area contributed by atoms with Gasteiger partial charge in [-0.3, -0.25) is 4.79 Å². The first-order chi connectivity index (χ1) is 8.08. The third kappa shape index (κ3) is 2.64. The Morgan fingerprint density at radius 3 is 2.35 bits per heavy atom. The Morgan fingerprint density at radius 2 is 1.76 bits per heavy atom. The van der Waals surface area contributed by atoms with Crippen LogP contribution in [0.5, 0.6) is 0 Å². The lowest BCUT2D eigenvalue weighted by Gasteiger charge is -2.09. The van der Waals surface area contributed by atoms with E-state index in [1.165, 1.54) is 4.68 Å². The van der Waals surface area contributed by atoms with Crippen LogP contribution in [0.25, 0.3) is 11.3 Å². The molecule has 1 heterocycles. The zero-order valence-electron chi connectivity index (χ0n) is 9.72. The van der Waals surface area contributed by atoms with Gasteiger partial charge in [-0.1, -0.05) is 28.1 Å². The highest BCUT2D eigenvalue weighted by atomic mass is 79.9. The van der Waals surface area contributed by atoms with Crippen molar-refractivity contribution >= 4 is 15.9 Å². The molecule has 1 aromatic carbocycles. The molecule has 0 saturated carbocycles. The Morgan fingerprint density at radius 1 is 1.12 bits per heavy atom. The number of halogens is 1. The predicted octanol–water partition coefficient (Wildman–Crippen LogP) is 3.25. The van der Waals surface area contributed by atoms with Crippen molar-refractivity contribution in [1.82, 2.24) is 9.78 Å². The molecule has 0 fully saturated rings. The molecule has 0 N–H and O–H groups in total. The van der Waals surface area contributed by atoms with Crippen molar-refractivity contribution in [1.29, 1.82) is 0 Å². The van der Waals surface area contributed by atoms with Crippen LogP contribution in [0.4, 0.5) is 0 Å². The predicted molar refractivity (Wildman–Crippen MR) is 72.0 cm³/mol. The van der Waals surface area contributed by atoms with Crippen molar-refractivity contribution in [2.45, 2.75) is 19.9 Å². The first-order valence-electron chi connectivity index (χ1n) is 5.44. The topological polar surface area (TPSA) is 34.9 Å². The van der Waals surface area contributed by atoms with E-state index in [-0.39, 0.29) is 11.6 Å². The first kappa shape index (κ1) is 12.0. The van der Waals surface area contributed by atoms with Crippen LogP contribution in [0.3, 0.4) is 0 Å². The van der Waals surface area contributed by atoms with Crippen LogP contribution in [0, 0.1) is 0 Å². The second-order valence-electron chi connectivity index (χ2n) is 4.10. The molecule has 0 aliphatic rings. The summed E-state index contributed by atoms with van der Waals surface area (Å²) in [5, 5.41) is 4.36. The number of hydrogen-bond acceptors (Lipinski definition) is 2. The zero-order chi connectivity index (χ0) is 12.4. The third-order valence-electron chi connectivity index (χ3n) is 2.45. The van der Waals surface area contributed by atoms with Crippen LogP contribution in [0.2, 0.25) is 0 Å². The second kappa shape index (κ2) is 4.84. The number of rotatable bonds is 2. The van der Waals surface area contributed by atoms with Crippen LogP contribution in [-0.2, 0) is 0 Å². The smallest absolute Gasteiger partial charge is 0.267 e. The summed E-state index contributed by atoms with van der Waals surface area (Å²) >= 11 is 3.39. The van der Waals surface area contributed by atoms with Gasteiger partial charge >= 0.3 is 0 Å². The van der Waals surface area contributed by atoms with Crippen LogP contribution in [0.15, 0.2) is 45.7 Å². The summed E-state index contributed by atoms with van der Waals surface area (Å²) < 4.78 is 2.52. The summed E-state index contributed by atoms with van der Waals surface area (Å²) in [5.41, 5.74) is 1.74. The van der Waals surface area contributed by atoms with Gasteiger partial charge in [0.2, 0.25) is 0 Å². The number of benzene rings is 1. The minimum Gasteiger partial charge on any atom is -0.268 e. The van der Waals surface area contributed by atoms with Gasteiger partial charge in [-0.05, 0) is 32.0 Å². The minimum atomic E-state index is -0.0686. The van der Waals surface area contributed by atoms with Gasteiger partial charge in [0.15, 0.2) is 0 Å². The highest BCUT2D eigenvalue weighted by Crippen LogP contribution is 2.19. The van der Waals surface area contributed by atoms with E-state index >= 15 is 0 Å². The Kier molecular flexibility index (Phi) is 3.43. The molecule has 0 saturated heterocycles. The van der Waals surface area contributed by atoms with Crippen molar-refractivity contribution in [2.75, 3.05) is 0 Å². The highest BCUT2D eigenvalue weighted by Gasteiger charge is 2.05. The van der Waals surface area contributed by atoms with Crippen LogP contribution in [-0.4, -0.2) is 9.78 Å². The molecule has 17 heavy (non-hydrogen) atoms. The second-order valence-corrected chi connectivity index (χ2v) is 5.02. The molecule has 3 nitrogen and oxygen atoms in total. The van der Waals surface area contributed by atoms with E-state index < -0.39 is 0 Å². The maximum atomic E-state index is 11.6. The molecule has 0 aliphatic heterocycles. The molecule has 1 aromatic heterocycles. The molecule has 2 rings (SSSR count). The Bertz CT molecular complexity index is 573. The molecule has 0 atom stereocenters. The van der Waals surface area contributed by atoms with E-state index in [2.05, 4.69) is 21.0 Å². The van der Waals surface area contributed by atoms with Gasteiger partial charge in [-0.2, -0.15) is 5.10 Å². The van der Waals surface area contributed by atoms with Gasteiger partial charge in [-0.25, -0.2) is 4.68 Å². The van der Waals surface area contributed by atoms with Gasteiger partial charge < -0.3 is 0 Å². The summed E-state index contributed by atoms with van der Waals surface area (Å²) in [6, 6.07) is 11.2. The van der Waals surface area contributed by atoms with E-state index in [4.69, 9.17) is 0 Å². The molecule has 4 heteroatoms. The molecule has 88 valence electrons. The summed E-state index contributed by atoms with van der Waals surface area (Å²) in [5.74, 6) is 0. The largest absolute Gasteiger partial charge is 0.268 e. The third-order valence-corrected chi connectivity index (χ3v) is 2.98. The van der Waals surface area contributed by atoms with Crippen molar-refractivity contribution in [3.05, 3.63) is 51.2 Å². The van der Waals surface area contributed by atoms with Crippen LogP contribution < -0.4 is 5.56 Å². The maximum absolute atomic E-state index is 11.6. The fraction of sp³-hybridized carbons (Fsp3) is 0.231. The fourth-order valence-corrected chi connectivity index (χ4v) is 1.83. The molecule has 0 aliphatic carbocycles. The molecular weight excluding hydrogens is 280 g/mol. The lowest BCUT2D eigenvalue weighted by Crippen LogP contribution is -2.23. The normalized spacial score (nSPS) is 10.8. The Balaban J connectivity index is 2.50. The van der Waals surface area contributed by atoms with Crippen molar-refractivity contribution < 1.29 is 0 Å². The van der Waals surface area contributed by atoms with Gasteiger partial charge in [0, 0.05) is 16.1 Å². The van der Waals surface area contributed by atoms with Crippen molar-refractivity contribution in [3.63, 3.8) is 0 Å². The van der Waals surface area contributed by atoms with E-state index in [9.17, 15) is 4.79 Å². The van der Waals surface area contributed by atoms with E-state index in [0.29, 0.717) is 0 Å². The maximum Gasteiger partial charge on any atom is 0.267 e. The summed E-state index contributed by atoms with van der Waals surface area (Å²) in [7, 11) is 0. The van der Waals surface area contributed by atoms with Gasteiger partial charge in [-0.15, -0.1) is 0 Å². The summed E-state index contributed by atoms with van der Waals surface area (Å²) in [6.45, 7) is 3.89. The van der Waals surface area contributed by atoms with Gasteiger partial charge in [0.1, 0.15) is 0 Å². The van der Waals surface area contributed by atoms with E-state index in [0.717, 1.165) is 15.7 Å². The first-order valence-corrected chi connectivity index (χ1v) is 6.23. The summed E-state index contributed by atoms with van der Waals surface area (Å²) in [4.78, 5) is 11.6. The average molecular weight is 293 g/mol. The highest BCUT2D eigenvalue weighted by molar-refractivity contribution is 9.10. The quantitative estimate of drug-likeness (QED) is 0.852. The molecular formula is C13H13BrN2O. The van der Waals surface area contributed by atoms with Crippen LogP contribution in [0.1, 0.15) is 19.9 Å². The Hall–Kier alpha value is -1.42. The SMILES string of the molecule is CC(C)n1nc(-c2ccc(Br)cc2)ccc1=O. The molecule has 0 amide bonds. The number of aromatic nitrogens is 2. The van der Waals surface area contributed by atoms with E-state index in [1.807, 2.05) is 38.1 Å². The Labute approximate surface area is 108 Å². The van der Waals surface area contributed by atoms with Crippen molar-refractivity contribution in [2.24, 2.45) is 0 Å². The lowest BCUT2D eigenvalue weighted by molar-refractivity contribution is 0.505. The molecule has 0 bridgehead atoms. The summed E-state index contributed by atoms with van der Waals surface area (Å²) in [6.07, 6.45) is 0. The molecule has 0 spiro atoms. The number of hydrogen-bond donors (Lipinski definition) is 0. The fourth-order valence-electron chi connectivity index (χ4n) is 1.57. The number of nitrogens with zero attached hydrogens (tertiary/aromatic N) is 2. The van der Waals surface area contributed by atoms with Gasteiger partial charge in [0.05, 0.1) is 11.7 Å². The zero-order valence-corrected chi connectivity index (χ0v) is 11.3. The van der Waals surface area contributed by atoms with E-state index in [1.54, 1.807) is 12.1 Å². The standard InChI is InChI=1S/C13H13BrN2O/c1-9(2)16-13(17)8-7-12(15-16)10-3-5-11(14)6-4-10/h3-9H,1-2H3. The molecule has 2 aromatic rings.